The van der Waals surface area contributed by atoms with E-state index in [1.807, 2.05) is 24.3 Å². The molecule has 1 aliphatic carbocycles. The van der Waals surface area contributed by atoms with E-state index in [2.05, 4.69) is 27.4 Å². The number of benzene rings is 1. The monoisotopic (exact) mass is 290 g/mol. The third kappa shape index (κ3) is 2.70. The van der Waals surface area contributed by atoms with Gasteiger partial charge in [-0.1, -0.05) is 19.1 Å². The van der Waals surface area contributed by atoms with Gasteiger partial charge >= 0.3 is 0 Å². The molecular formula is C15H19ClN4. The van der Waals surface area contributed by atoms with Crippen molar-refractivity contribution in [2.75, 3.05) is 11.2 Å². The number of nitrogens with zero attached hydrogens (tertiary/aromatic N) is 3. The van der Waals surface area contributed by atoms with Crippen molar-refractivity contribution >= 4 is 28.6 Å². The van der Waals surface area contributed by atoms with Gasteiger partial charge in [-0.25, -0.2) is 4.98 Å². The van der Waals surface area contributed by atoms with Crippen LogP contribution in [0.2, 0.25) is 0 Å². The number of halogens is 1. The van der Waals surface area contributed by atoms with Crippen molar-refractivity contribution in [1.29, 1.82) is 0 Å². The third-order valence-corrected chi connectivity index (χ3v) is 4.74. The summed E-state index contributed by atoms with van der Waals surface area (Å²) in [4.78, 5) is 4.54. The Labute approximate surface area is 124 Å². The van der Waals surface area contributed by atoms with Gasteiger partial charge in [0, 0.05) is 5.88 Å². The van der Waals surface area contributed by atoms with Crippen LogP contribution in [-0.4, -0.2) is 26.6 Å². The minimum atomic E-state index is -0.0851. The van der Waals surface area contributed by atoms with E-state index in [1.54, 1.807) is 0 Å². The van der Waals surface area contributed by atoms with Crippen LogP contribution in [0.15, 0.2) is 24.3 Å². The molecule has 106 valence electrons. The quantitative estimate of drug-likeness (QED) is 0.877. The molecule has 0 radical (unpaired) electrons. The van der Waals surface area contributed by atoms with Crippen molar-refractivity contribution in [3.8, 4) is 0 Å². The highest BCUT2D eigenvalue weighted by Crippen LogP contribution is 2.34. The van der Waals surface area contributed by atoms with Crippen LogP contribution in [0.3, 0.4) is 0 Å². The number of hydrogen-bond acceptors (Lipinski definition) is 4. The number of rotatable bonds is 3. The normalized spacial score (nSPS) is 26.6. The van der Waals surface area contributed by atoms with Crippen LogP contribution in [0.1, 0.15) is 32.6 Å². The summed E-state index contributed by atoms with van der Waals surface area (Å²) in [5.74, 6) is 1.94. The molecular weight excluding hydrogens is 272 g/mol. The predicted octanol–water partition coefficient (Wildman–Crippen LogP) is 3.62. The summed E-state index contributed by atoms with van der Waals surface area (Å²) in [7, 11) is 0. The van der Waals surface area contributed by atoms with Gasteiger partial charge in [0.1, 0.15) is 5.52 Å². The number of hydrogen-bond donors (Lipinski definition) is 1. The van der Waals surface area contributed by atoms with E-state index in [4.69, 9.17) is 11.6 Å². The molecule has 20 heavy (non-hydrogen) atoms. The highest BCUT2D eigenvalue weighted by Gasteiger charge is 2.34. The van der Waals surface area contributed by atoms with E-state index in [9.17, 15) is 0 Å². The highest BCUT2D eigenvalue weighted by molar-refractivity contribution is 6.18. The first-order valence-corrected chi connectivity index (χ1v) is 7.68. The zero-order chi connectivity index (χ0) is 14.0. The molecule has 4 nitrogen and oxygen atoms in total. The summed E-state index contributed by atoms with van der Waals surface area (Å²) in [6, 6.07) is 7.76. The van der Waals surface area contributed by atoms with Gasteiger partial charge in [-0.2, -0.15) is 0 Å². The number of fused-ring (bicyclic) bond motifs is 1. The van der Waals surface area contributed by atoms with Crippen LogP contribution in [0.5, 0.6) is 0 Å². The Kier molecular flexibility index (Phi) is 3.74. The molecule has 3 rings (SSSR count). The molecule has 0 bridgehead atoms. The van der Waals surface area contributed by atoms with Crippen molar-refractivity contribution in [1.82, 2.24) is 15.2 Å². The molecule has 0 amide bonds. The number of para-hydroxylation sites is 1. The standard InChI is InChI=1S/C15H19ClN4/c1-11-6-8-15(10-16,9-7-11)18-14-17-12-4-2-3-5-13(12)19-20-14/h2-5,11H,6-10H2,1H3,(H,17,18,20). The second kappa shape index (κ2) is 5.52. The minimum absolute atomic E-state index is 0.0851. The lowest BCUT2D eigenvalue weighted by Gasteiger charge is -2.38. The first-order chi connectivity index (χ1) is 9.71. The maximum atomic E-state index is 6.21. The summed E-state index contributed by atoms with van der Waals surface area (Å²) < 4.78 is 0. The van der Waals surface area contributed by atoms with Crippen LogP contribution in [0.25, 0.3) is 11.0 Å². The van der Waals surface area contributed by atoms with Crippen LogP contribution in [0.4, 0.5) is 5.95 Å². The van der Waals surface area contributed by atoms with Crippen LogP contribution < -0.4 is 5.32 Å². The van der Waals surface area contributed by atoms with Gasteiger partial charge < -0.3 is 5.32 Å². The SMILES string of the molecule is CC1CCC(CCl)(Nc2nnc3ccccc3n2)CC1. The van der Waals surface area contributed by atoms with Crippen molar-refractivity contribution in [2.45, 2.75) is 38.1 Å². The summed E-state index contributed by atoms with van der Waals surface area (Å²) in [6.45, 7) is 2.30. The molecule has 1 fully saturated rings. The van der Waals surface area contributed by atoms with Crippen molar-refractivity contribution in [2.24, 2.45) is 5.92 Å². The first-order valence-electron chi connectivity index (χ1n) is 7.14. The topological polar surface area (TPSA) is 50.7 Å². The highest BCUT2D eigenvalue weighted by atomic mass is 35.5. The molecule has 5 heteroatoms. The second-order valence-electron chi connectivity index (χ2n) is 5.85. The van der Waals surface area contributed by atoms with E-state index in [1.165, 1.54) is 12.8 Å². The fraction of sp³-hybridized carbons (Fsp3) is 0.533. The minimum Gasteiger partial charge on any atom is -0.346 e. The maximum absolute atomic E-state index is 6.21. The van der Waals surface area contributed by atoms with Crippen LogP contribution in [0, 0.1) is 5.92 Å². The Morgan fingerprint density at radius 2 is 1.90 bits per heavy atom. The van der Waals surface area contributed by atoms with Crippen molar-refractivity contribution < 1.29 is 0 Å². The number of aromatic nitrogens is 3. The smallest absolute Gasteiger partial charge is 0.243 e. The van der Waals surface area contributed by atoms with Gasteiger partial charge in [0.05, 0.1) is 11.1 Å². The fourth-order valence-corrected chi connectivity index (χ4v) is 3.11. The van der Waals surface area contributed by atoms with Crippen LogP contribution >= 0.6 is 11.6 Å². The average Bonchev–Trinajstić information content (AvgIpc) is 2.50. The summed E-state index contributed by atoms with van der Waals surface area (Å²) in [6.07, 6.45) is 4.52. The largest absolute Gasteiger partial charge is 0.346 e. The molecule has 1 saturated carbocycles. The molecule has 1 N–H and O–H groups in total. The van der Waals surface area contributed by atoms with Crippen molar-refractivity contribution in [3.05, 3.63) is 24.3 Å². The zero-order valence-electron chi connectivity index (χ0n) is 11.6. The second-order valence-corrected chi connectivity index (χ2v) is 6.11. The Morgan fingerprint density at radius 3 is 2.60 bits per heavy atom. The number of anilines is 1. The van der Waals surface area contributed by atoms with E-state index < -0.39 is 0 Å². The third-order valence-electron chi connectivity index (χ3n) is 4.22. The first kappa shape index (κ1) is 13.6. The molecule has 1 aromatic carbocycles. The maximum Gasteiger partial charge on any atom is 0.243 e. The number of alkyl halides is 1. The van der Waals surface area contributed by atoms with Crippen LogP contribution in [-0.2, 0) is 0 Å². The van der Waals surface area contributed by atoms with Gasteiger partial charge in [-0.15, -0.1) is 21.8 Å². The van der Waals surface area contributed by atoms with E-state index in [-0.39, 0.29) is 5.54 Å². The van der Waals surface area contributed by atoms with Gasteiger partial charge in [-0.3, -0.25) is 0 Å². The molecule has 1 heterocycles. The molecule has 1 aliphatic rings. The van der Waals surface area contributed by atoms with Gasteiger partial charge in [-0.05, 0) is 43.7 Å². The number of nitrogens with one attached hydrogen (secondary N) is 1. The molecule has 0 unspecified atom stereocenters. The summed E-state index contributed by atoms with van der Waals surface area (Å²) >= 11 is 6.21. The summed E-state index contributed by atoms with van der Waals surface area (Å²) in [5, 5.41) is 11.8. The van der Waals surface area contributed by atoms with E-state index >= 15 is 0 Å². The molecule has 2 aromatic rings. The van der Waals surface area contributed by atoms with E-state index in [0.29, 0.717) is 11.8 Å². The predicted molar refractivity (Wildman–Crippen MR) is 82.0 cm³/mol. The Bertz CT molecular complexity index is 593. The van der Waals surface area contributed by atoms with Gasteiger partial charge in [0.15, 0.2) is 0 Å². The molecule has 0 atom stereocenters. The Morgan fingerprint density at radius 1 is 1.20 bits per heavy atom. The molecule has 1 aromatic heterocycles. The van der Waals surface area contributed by atoms with Crippen molar-refractivity contribution in [3.63, 3.8) is 0 Å². The Balaban J connectivity index is 1.83. The van der Waals surface area contributed by atoms with E-state index in [0.717, 1.165) is 29.8 Å². The Hall–Kier alpha value is -1.42. The lowest BCUT2D eigenvalue weighted by Crippen LogP contribution is -2.44. The van der Waals surface area contributed by atoms with Gasteiger partial charge in [0.25, 0.3) is 0 Å². The molecule has 0 saturated heterocycles. The fourth-order valence-electron chi connectivity index (χ4n) is 2.78. The lowest BCUT2D eigenvalue weighted by atomic mass is 9.78. The molecule has 0 spiro atoms. The zero-order valence-corrected chi connectivity index (χ0v) is 12.4. The summed E-state index contributed by atoms with van der Waals surface area (Å²) in [5.41, 5.74) is 1.59. The lowest BCUT2D eigenvalue weighted by molar-refractivity contribution is 0.285. The average molecular weight is 291 g/mol. The van der Waals surface area contributed by atoms with Gasteiger partial charge in [0.2, 0.25) is 5.95 Å². The molecule has 0 aliphatic heterocycles.